The van der Waals surface area contributed by atoms with E-state index in [9.17, 15) is 0 Å². The second-order valence-corrected chi connectivity index (χ2v) is 5.97. The molecule has 2 nitrogen and oxygen atoms in total. The van der Waals surface area contributed by atoms with Gasteiger partial charge in [-0.2, -0.15) is 0 Å². The summed E-state index contributed by atoms with van der Waals surface area (Å²) < 4.78 is 0. The molecular weight excluding hydrogens is 232 g/mol. The zero-order valence-electron chi connectivity index (χ0n) is 12.7. The molecule has 1 N–H and O–H groups in total. The highest BCUT2D eigenvalue weighted by atomic mass is 15.1. The molecule has 1 aromatic carbocycles. The Bertz CT molecular complexity index is 371. The largest absolute Gasteiger partial charge is 0.374 e. The van der Waals surface area contributed by atoms with Crippen LogP contribution in [-0.4, -0.2) is 26.2 Å². The lowest BCUT2D eigenvalue weighted by Crippen LogP contribution is -2.38. The highest BCUT2D eigenvalue weighted by molar-refractivity contribution is 5.46. The monoisotopic (exact) mass is 260 g/mol. The SMILES string of the molecule is CCCNC1CCCC1CN(C)c1ccc(C)cc1. The minimum atomic E-state index is 0.729. The second kappa shape index (κ2) is 6.95. The van der Waals surface area contributed by atoms with Crippen LogP contribution in [0.15, 0.2) is 24.3 Å². The summed E-state index contributed by atoms with van der Waals surface area (Å²) in [5, 5.41) is 3.72. The van der Waals surface area contributed by atoms with Crippen molar-refractivity contribution in [2.75, 3.05) is 25.0 Å². The normalized spacial score (nSPS) is 22.7. The first-order valence-corrected chi connectivity index (χ1v) is 7.72. The Morgan fingerprint density at radius 1 is 1.21 bits per heavy atom. The van der Waals surface area contributed by atoms with Crippen molar-refractivity contribution in [3.05, 3.63) is 29.8 Å². The fourth-order valence-corrected chi connectivity index (χ4v) is 3.11. The van der Waals surface area contributed by atoms with E-state index in [2.05, 4.69) is 55.4 Å². The summed E-state index contributed by atoms with van der Waals surface area (Å²) in [6, 6.07) is 9.60. The Morgan fingerprint density at radius 2 is 1.95 bits per heavy atom. The van der Waals surface area contributed by atoms with Crippen LogP contribution in [0.5, 0.6) is 0 Å². The smallest absolute Gasteiger partial charge is 0.0363 e. The van der Waals surface area contributed by atoms with Gasteiger partial charge in [-0.1, -0.05) is 31.0 Å². The maximum absolute atomic E-state index is 3.72. The molecule has 0 radical (unpaired) electrons. The number of rotatable bonds is 6. The number of hydrogen-bond acceptors (Lipinski definition) is 2. The summed E-state index contributed by atoms with van der Waals surface area (Å²) in [5.41, 5.74) is 2.67. The van der Waals surface area contributed by atoms with Crippen LogP contribution in [0.2, 0.25) is 0 Å². The number of aryl methyl sites for hydroxylation is 1. The van der Waals surface area contributed by atoms with E-state index in [1.807, 2.05) is 0 Å². The Kier molecular flexibility index (Phi) is 5.26. The van der Waals surface area contributed by atoms with Crippen molar-refractivity contribution in [3.63, 3.8) is 0 Å². The van der Waals surface area contributed by atoms with Crippen molar-refractivity contribution >= 4 is 5.69 Å². The number of benzene rings is 1. The van der Waals surface area contributed by atoms with E-state index >= 15 is 0 Å². The molecule has 1 fully saturated rings. The van der Waals surface area contributed by atoms with Gasteiger partial charge in [0.1, 0.15) is 0 Å². The molecule has 1 aliphatic rings. The van der Waals surface area contributed by atoms with Crippen LogP contribution in [-0.2, 0) is 0 Å². The maximum Gasteiger partial charge on any atom is 0.0363 e. The van der Waals surface area contributed by atoms with Crippen molar-refractivity contribution in [2.24, 2.45) is 5.92 Å². The lowest BCUT2D eigenvalue weighted by atomic mass is 10.0. The standard InChI is InChI=1S/C17H28N2/c1-4-12-18-17-7-5-6-15(17)13-19(3)16-10-8-14(2)9-11-16/h8-11,15,17-18H,4-7,12-13H2,1-3H3. The van der Waals surface area contributed by atoms with Gasteiger partial charge in [0, 0.05) is 25.3 Å². The van der Waals surface area contributed by atoms with E-state index in [0.29, 0.717) is 0 Å². The molecule has 0 spiro atoms. The molecule has 0 aliphatic heterocycles. The van der Waals surface area contributed by atoms with E-state index in [4.69, 9.17) is 0 Å². The lowest BCUT2D eigenvalue weighted by Gasteiger charge is -2.28. The van der Waals surface area contributed by atoms with E-state index in [1.165, 1.54) is 43.5 Å². The van der Waals surface area contributed by atoms with E-state index < -0.39 is 0 Å². The van der Waals surface area contributed by atoms with Gasteiger partial charge in [-0.05, 0) is 50.8 Å². The van der Waals surface area contributed by atoms with Crippen LogP contribution in [0.25, 0.3) is 0 Å². The fourth-order valence-electron chi connectivity index (χ4n) is 3.11. The number of hydrogen-bond donors (Lipinski definition) is 1. The minimum Gasteiger partial charge on any atom is -0.374 e. The Labute approximate surface area is 118 Å². The quantitative estimate of drug-likeness (QED) is 0.840. The topological polar surface area (TPSA) is 15.3 Å². The van der Waals surface area contributed by atoms with E-state index in [-0.39, 0.29) is 0 Å². The summed E-state index contributed by atoms with van der Waals surface area (Å²) >= 11 is 0. The molecule has 1 saturated carbocycles. The summed E-state index contributed by atoms with van der Waals surface area (Å²) in [5.74, 6) is 0.804. The molecule has 19 heavy (non-hydrogen) atoms. The molecular formula is C17H28N2. The Morgan fingerprint density at radius 3 is 2.63 bits per heavy atom. The molecule has 0 saturated heterocycles. The van der Waals surface area contributed by atoms with Crippen LogP contribution in [0.1, 0.15) is 38.2 Å². The zero-order valence-corrected chi connectivity index (χ0v) is 12.7. The van der Waals surface area contributed by atoms with Gasteiger partial charge in [-0.3, -0.25) is 0 Å². The average molecular weight is 260 g/mol. The molecule has 2 unspecified atom stereocenters. The molecule has 0 aromatic heterocycles. The third-order valence-electron chi connectivity index (χ3n) is 4.30. The van der Waals surface area contributed by atoms with Gasteiger partial charge in [0.25, 0.3) is 0 Å². The summed E-state index contributed by atoms with van der Waals surface area (Å²) in [4.78, 5) is 2.41. The molecule has 0 bridgehead atoms. The highest BCUT2D eigenvalue weighted by Crippen LogP contribution is 2.27. The summed E-state index contributed by atoms with van der Waals surface area (Å²) in [6.45, 7) is 6.72. The molecule has 106 valence electrons. The maximum atomic E-state index is 3.72. The van der Waals surface area contributed by atoms with Crippen molar-refractivity contribution in [1.82, 2.24) is 5.32 Å². The molecule has 0 heterocycles. The van der Waals surface area contributed by atoms with Crippen LogP contribution in [0.4, 0.5) is 5.69 Å². The Balaban J connectivity index is 1.90. The third kappa shape index (κ3) is 3.97. The number of anilines is 1. The lowest BCUT2D eigenvalue weighted by molar-refractivity contribution is 0.403. The van der Waals surface area contributed by atoms with Gasteiger partial charge >= 0.3 is 0 Å². The van der Waals surface area contributed by atoms with Crippen LogP contribution < -0.4 is 10.2 Å². The van der Waals surface area contributed by atoms with Gasteiger partial charge < -0.3 is 10.2 Å². The first kappa shape index (κ1) is 14.4. The number of nitrogens with one attached hydrogen (secondary N) is 1. The first-order valence-electron chi connectivity index (χ1n) is 7.72. The summed E-state index contributed by atoms with van der Waals surface area (Å²) in [7, 11) is 2.22. The first-order chi connectivity index (χ1) is 9.20. The summed E-state index contributed by atoms with van der Waals surface area (Å²) in [6.07, 6.45) is 5.34. The van der Waals surface area contributed by atoms with E-state index in [1.54, 1.807) is 0 Å². The van der Waals surface area contributed by atoms with Crippen LogP contribution >= 0.6 is 0 Å². The van der Waals surface area contributed by atoms with Gasteiger partial charge in [0.05, 0.1) is 0 Å². The van der Waals surface area contributed by atoms with Crippen LogP contribution in [0.3, 0.4) is 0 Å². The highest BCUT2D eigenvalue weighted by Gasteiger charge is 2.27. The van der Waals surface area contributed by atoms with Crippen molar-refractivity contribution in [2.45, 2.75) is 45.6 Å². The molecule has 0 amide bonds. The molecule has 1 aromatic rings. The van der Waals surface area contributed by atoms with Gasteiger partial charge in [0.2, 0.25) is 0 Å². The van der Waals surface area contributed by atoms with Crippen molar-refractivity contribution in [3.8, 4) is 0 Å². The zero-order chi connectivity index (χ0) is 13.7. The third-order valence-corrected chi connectivity index (χ3v) is 4.30. The molecule has 1 aliphatic carbocycles. The van der Waals surface area contributed by atoms with Gasteiger partial charge in [-0.15, -0.1) is 0 Å². The van der Waals surface area contributed by atoms with Gasteiger partial charge in [0.15, 0.2) is 0 Å². The van der Waals surface area contributed by atoms with Crippen LogP contribution in [0, 0.1) is 12.8 Å². The Hall–Kier alpha value is -1.02. The van der Waals surface area contributed by atoms with Crippen molar-refractivity contribution < 1.29 is 0 Å². The predicted octanol–water partition coefficient (Wildman–Crippen LogP) is 3.60. The molecule has 2 atom stereocenters. The van der Waals surface area contributed by atoms with Gasteiger partial charge in [-0.25, -0.2) is 0 Å². The molecule has 2 rings (SSSR count). The second-order valence-electron chi connectivity index (χ2n) is 5.97. The van der Waals surface area contributed by atoms with E-state index in [0.717, 1.165) is 18.5 Å². The average Bonchev–Trinajstić information content (AvgIpc) is 2.84. The predicted molar refractivity (Wildman–Crippen MR) is 83.9 cm³/mol. The fraction of sp³-hybridized carbons (Fsp3) is 0.647. The molecule has 2 heteroatoms. The van der Waals surface area contributed by atoms with Crippen molar-refractivity contribution in [1.29, 1.82) is 0 Å². The minimum absolute atomic E-state index is 0.729. The number of nitrogens with zero attached hydrogens (tertiary/aromatic N) is 1.